The predicted octanol–water partition coefficient (Wildman–Crippen LogP) is 3.15. The average Bonchev–Trinajstić information content (AvgIpc) is 3.15. The summed E-state index contributed by atoms with van der Waals surface area (Å²) < 4.78 is 6.51. The molecule has 2 aromatic rings. The number of rotatable bonds is 9. The lowest BCUT2D eigenvalue weighted by atomic mass is 9.84. The molecule has 8 heteroatoms. The van der Waals surface area contributed by atoms with Crippen LogP contribution in [0.4, 0.5) is 0 Å². The smallest absolute Gasteiger partial charge is 0.303 e. The van der Waals surface area contributed by atoms with Crippen LogP contribution in [0.2, 0.25) is 0 Å². The third kappa shape index (κ3) is 4.95. The van der Waals surface area contributed by atoms with Crippen LogP contribution >= 0.6 is 0 Å². The van der Waals surface area contributed by atoms with Crippen molar-refractivity contribution in [2.75, 3.05) is 13.1 Å². The molecule has 1 saturated carbocycles. The molecule has 1 saturated heterocycles. The first-order valence-corrected chi connectivity index (χ1v) is 12.8. The molecule has 0 bridgehead atoms. The van der Waals surface area contributed by atoms with E-state index >= 15 is 0 Å². The van der Waals surface area contributed by atoms with Crippen molar-refractivity contribution in [3.05, 3.63) is 65.2 Å². The number of carboxylic acid groups (broad SMARTS) is 1. The first-order chi connectivity index (χ1) is 17.4. The van der Waals surface area contributed by atoms with E-state index in [1.165, 1.54) is 16.9 Å². The highest BCUT2D eigenvalue weighted by Crippen LogP contribution is 2.36. The zero-order valence-electron chi connectivity index (χ0n) is 20.3. The van der Waals surface area contributed by atoms with Crippen LogP contribution in [0.25, 0.3) is 0 Å². The molecule has 2 aromatic carbocycles. The Kier molecular flexibility index (Phi) is 6.96. The third-order valence-electron chi connectivity index (χ3n) is 7.85. The number of likely N-dealkylation sites (tertiary alicyclic amines) is 1. The predicted molar refractivity (Wildman–Crippen MR) is 134 cm³/mol. The number of nitrogens with two attached hydrogens (primary N) is 1. The highest BCUT2D eigenvalue weighted by molar-refractivity contribution is 6.01. The monoisotopic (exact) mass is 491 g/mol. The first kappa shape index (κ1) is 24.3. The second-order valence-electron chi connectivity index (χ2n) is 10.2. The van der Waals surface area contributed by atoms with Crippen LogP contribution < -0.4 is 10.5 Å². The molecule has 3 aliphatic rings. The van der Waals surface area contributed by atoms with Crippen molar-refractivity contribution < 1.29 is 24.2 Å². The van der Waals surface area contributed by atoms with Gasteiger partial charge in [0, 0.05) is 43.6 Å². The van der Waals surface area contributed by atoms with Gasteiger partial charge in [-0.15, -0.1) is 0 Å². The van der Waals surface area contributed by atoms with Crippen molar-refractivity contribution in [1.29, 1.82) is 0 Å². The lowest BCUT2D eigenvalue weighted by Crippen LogP contribution is -2.57. The van der Waals surface area contributed by atoms with Gasteiger partial charge in [0.15, 0.2) is 0 Å². The molecule has 1 aliphatic carbocycles. The second-order valence-corrected chi connectivity index (χ2v) is 10.2. The minimum absolute atomic E-state index is 0.00266. The quantitative estimate of drug-likeness (QED) is 0.557. The Balaban J connectivity index is 1.25. The summed E-state index contributed by atoms with van der Waals surface area (Å²) in [5.74, 6) is -0.719. The highest BCUT2D eigenvalue weighted by Gasteiger charge is 2.40. The molecule has 36 heavy (non-hydrogen) atoms. The Labute approximate surface area is 211 Å². The number of ether oxygens (including phenoxy) is 1. The van der Waals surface area contributed by atoms with Crippen LogP contribution in [0, 0.1) is 0 Å². The van der Waals surface area contributed by atoms with Gasteiger partial charge in [0.25, 0.3) is 5.91 Å². The summed E-state index contributed by atoms with van der Waals surface area (Å²) in [5.41, 5.74) is 8.19. The van der Waals surface area contributed by atoms with E-state index in [4.69, 9.17) is 15.6 Å². The standard InChI is InChI=1S/C28H33N3O5/c29-27(34)24(12-13-26(32)33)31-17-19-14-21(10-11-22(19)28(31)35)36-25-9-5-4-8-23(25)30-15-20(16-30)18-6-2-1-3-7-18/h1-3,6-7,10-11,14,20,23-25H,4-5,8-9,12-13,15-17H2,(H2,29,34)(H,32,33)/t23-,24-,25-/m0/s1. The summed E-state index contributed by atoms with van der Waals surface area (Å²) in [6.07, 6.45) is 4.32. The fourth-order valence-corrected chi connectivity index (χ4v) is 5.88. The summed E-state index contributed by atoms with van der Waals surface area (Å²) in [7, 11) is 0. The van der Waals surface area contributed by atoms with Gasteiger partial charge in [-0.1, -0.05) is 36.8 Å². The number of hydrogen-bond acceptors (Lipinski definition) is 5. The molecule has 2 fully saturated rings. The maximum atomic E-state index is 12.9. The van der Waals surface area contributed by atoms with Crippen LogP contribution in [0.15, 0.2) is 48.5 Å². The molecule has 2 aliphatic heterocycles. The van der Waals surface area contributed by atoms with Crippen molar-refractivity contribution in [3.63, 3.8) is 0 Å². The summed E-state index contributed by atoms with van der Waals surface area (Å²) >= 11 is 0. The summed E-state index contributed by atoms with van der Waals surface area (Å²) in [5, 5.41) is 9.00. The van der Waals surface area contributed by atoms with Crippen molar-refractivity contribution in [3.8, 4) is 5.75 Å². The van der Waals surface area contributed by atoms with Gasteiger partial charge in [-0.3, -0.25) is 19.3 Å². The molecular formula is C28H33N3O5. The van der Waals surface area contributed by atoms with Crippen molar-refractivity contribution in [2.24, 2.45) is 5.73 Å². The Morgan fingerprint density at radius 1 is 1.08 bits per heavy atom. The van der Waals surface area contributed by atoms with E-state index < -0.39 is 17.9 Å². The molecule has 0 spiro atoms. The van der Waals surface area contributed by atoms with Crippen LogP contribution in [0.1, 0.15) is 65.9 Å². The van der Waals surface area contributed by atoms with Gasteiger partial charge in [-0.25, -0.2) is 0 Å². The number of carbonyl (C=O) groups is 3. The van der Waals surface area contributed by atoms with Gasteiger partial charge in [-0.2, -0.15) is 0 Å². The molecule has 2 amide bonds. The maximum Gasteiger partial charge on any atom is 0.303 e. The van der Waals surface area contributed by atoms with E-state index in [1.807, 2.05) is 12.1 Å². The van der Waals surface area contributed by atoms with Gasteiger partial charge >= 0.3 is 5.97 Å². The molecule has 190 valence electrons. The fourth-order valence-electron chi connectivity index (χ4n) is 5.88. The zero-order chi connectivity index (χ0) is 25.2. The van der Waals surface area contributed by atoms with Crippen LogP contribution in [0.5, 0.6) is 5.75 Å². The number of fused-ring (bicyclic) bond motifs is 1. The minimum Gasteiger partial charge on any atom is -0.489 e. The molecule has 2 heterocycles. The highest BCUT2D eigenvalue weighted by atomic mass is 16.5. The Morgan fingerprint density at radius 3 is 2.56 bits per heavy atom. The molecule has 5 rings (SSSR count). The number of nitrogens with zero attached hydrogens (tertiary/aromatic N) is 2. The number of primary amides is 1. The van der Waals surface area contributed by atoms with Gasteiger partial charge in [0.05, 0.1) is 0 Å². The molecule has 0 unspecified atom stereocenters. The Hall–Kier alpha value is -3.39. The molecule has 0 aromatic heterocycles. The Morgan fingerprint density at radius 2 is 1.83 bits per heavy atom. The van der Waals surface area contributed by atoms with Gasteiger partial charge in [-0.05, 0) is 55.0 Å². The lowest BCUT2D eigenvalue weighted by Gasteiger charge is -2.48. The van der Waals surface area contributed by atoms with Gasteiger partial charge < -0.3 is 20.5 Å². The van der Waals surface area contributed by atoms with Crippen molar-refractivity contribution >= 4 is 17.8 Å². The number of carboxylic acids is 1. The number of amides is 2. The van der Waals surface area contributed by atoms with E-state index in [-0.39, 0.29) is 31.4 Å². The first-order valence-electron chi connectivity index (χ1n) is 12.8. The van der Waals surface area contributed by atoms with Crippen molar-refractivity contribution in [2.45, 2.75) is 69.2 Å². The van der Waals surface area contributed by atoms with E-state index in [0.717, 1.165) is 43.7 Å². The molecule has 3 atom stereocenters. The lowest BCUT2D eigenvalue weighted by molar-refractivity contribution is -0.137. The topological polar surface area (TPSA) is 113 Å². The Bertz CT molecular complexity index is 1130. The zero-order valence-corrected chi connectivity index (χ0v) is 20.3. The summed E-state index contributed by atoms with van der Waals surface area (Å²) in [4.78, 5) is 39.8. The number of benzene rings is 2. The fraction of sp³-hybridized carbons (Fsp3) is 0.464. The molecule has 0 radical (unpaired) electrons. The third-order valence-corrected chi connectivity index (χ3v) is 7.85. The molecule has 3 N–H and O–H groups in total. The van der Waals surface area contributed by atoms with E-state index in [1.54, 1.807) is 6.07 Å². The van der Waals surface area contributed by atoms with Crippen LogP contribution in [-0.2, 0) is 16.1 Å². The largest absolute Gasteiger partial charge is 0.489 e. The van der Waals surface area contributed by atoms with Crippen molar-refractivity contribution in [1.82, 2.24) is 9.80 Å². The number of aliphatic carboxylic acids is 1. The van der Waals surface area contributed by atoms with Crippen LogP contribution in [0.3, 0.4) is 0 Å². The van der Waals surface area contributed by atoms with Gasteiger partial charge in [0.1, 0.15) is 17.9 Å². The normalized spacial score (nSPS) is 23.1. The number of hydrogen-bond donors (Lipinski definition) is 2. The summed E-state index contributed by atoms with van der Waals surface area (Å²) in [6, 6.07) is 15.5. The average molecular weight is 492 g/mol. The van der Waals surface area contributed by atoms with E-state index in [2.05, 4.69) is 35.2 Å². The second kappa shape index (κ2) is 10.3. The SMILES string of the molecule is NC(=O)[C@H](CCC(=O)O)N1Cc2cc(O[C@H]3CCCC[C@@H]3N3CC(c4ccccc4)C3)ccc2C1=O. The molecular weight excluding hydrogens is 458 g/mol. The maximum absolute atomic E-state index is 12.9. The number of carbonyl (C=O) groups excluding carboxylic acids is 2. The van der Waals surface area contributed by atoms with Crippen LogP contribution in [-0.4, -0.2) is 64.0 Å². The van der Waals surface area contributed by atoms with Gasteiger partial charge in [0.2, 0.25) is 5.91 Å². The van der Waals surface area contributed by atoms with E-state index in [0.29, 0.717) is 17.5 Å². The van der Waals surface area contributed by atoms with E-state index in [9.17, 15) is 14.4 Å². The summed E-state index contributed by atoms with van der Waals surface area (Å²) in [6.45, 7) is 2.32. The molecule has 8 nitrogen and oxygen atoms in total. The minimum atomic E-state index is -1.03.